The number of amides is 2. The van der Waals surface area contributed by atoms with Crippen LogP contribution in [0.4, 0.5) is 9.18 Å². The van der Waals surface area contributed by atoms with Gasteiger partial charge in [0.15, 0.2) is 0 Å². The normalized spacial score (nSPS) is 19.1. The molecule has 0 saturated carbocycles. The highest BCUT2D eigenvalue weighted by Crippen LogP contribution is 2.25. The molecule has 2 amide bonds. The number of likely N-dealkylation sites (tertiary alicyclic amines) is 1. The fourth-order valence-corrected chi connectivity index (χ4v) is 3.15. The van der Waals surface area contributed by atoms with E-state index >= 15 is 0 Å². The van der Waals surface area contributed by atoms with Crippen LogP contribution in [0.1, 0.15) is 43.1 Å². The Hall–Kier alpha value is -2.44. The predicted molar refractivity (Wildman–Crippen MR) is 87.9 cm³/mol. The topological polar surface area (TPSA) is 63.1 Å². The molecule has 0 bridgehead atoms. The number of carbonyl (C=O) groups is 1. The minimum Gasteiger partial charge on any atom is -0.331 e. The number of urea groups is 1. The molecule has 1 aromatic heterocycles. The summed E-state index contributed by atoms with van der Waals surface area (Å²) in [6.45, 7) is 3.26. The zero-order chi connectivity index (χ0) is 17.1. The molecular weight excluding hydrogens is 309 g/mol. The summed E-state index contributed by atoms with van der Waals surface area (Å²) in [4.78, 5) is 14.4. The van der Waals surface area contributed by atoms with Gasteiger partial charge in [0.05, 0.1) is 6.04 Å². The van der Waals surface area contributed by atoms with Crippen LogP contribution in [-0.2, 0) is 7.05 Å². The summed E-state index contributed by atoms with van der Waals surface area (Å²) in [5, 5.41) is 11.1. The number of benzene rings is 1. The number of aryl methyl sites for hydroxylation is 1. The number of carbonyl (C=O) groups excluding carboxylic acids is 1. The van der Waals surface area contributed by atoms with Gasteiger partial charge in [0, 0.05) is 26.1 Å². The second-order valence-electron chi connectivity index (χ2n) is 6.31. The van der Waals surface area contributed by atoms with Crippen molar-refractivity contribution in [3.63, 3.8) is 0 Å². The van der Waals surface area contributed by atoms with Crippen LogP contribution in [-0.4, -0.2) is 38.8 Å². The molecule has 1 fully saturated rings. The van der Waals surface area contributed by atoms with E-state index in [0.29, 0.717) is 6.54 Å². The predicted octanol–water partition coefficient (Wildman–Crippen LogP) is 2.60. The Labute approximate surface area is 140 Å². The van der Waals surface area contributed by atoms with E-state index in [0.717, 1.165) is 30.8 Å². The maximum atomic E-state index is 13.0. The zero-order valence-corrected chi connectivity index (χ0v) is 13.9. The Bertz CT molecular complexity index is 699. The number of hydrogen-bond acceptors (Lipinski definition) is 3. The maximum absolute atomic E-state index is 13.0. The average molecular weight is 331 g/mol. The molecule has 7 heteroatoms. The summed E-state index contributed by atoms with van der Waals surface area (Å²) in [5.74, 6) is 0.844. The lowest BCUT2D eigenvalue weighted by Gasteiger charge is -2.33. The minimum absolute atomic E-state index is 0.0984. The Morgan fingerprint density at radius 3 is 2.79 bits per heavy atom. The molecule has 0 radical (unpaired) electrons. The fraction of sp³-hybridized carbons (Fsp3) is 0.471. The summed E-state index contributed by atoms with van der Waals surface area (Å²) in [6, 6.07) is 5.93. The van der Waals surface area contributed by atoms with Gasteiger partial charge < -0.3 is 14.8 Å². The van der Waals surface area contributed by atoms with E-state index in [1.54, 1.807) is 18.5 Å². The molecule has 1 saturated heterocycles. The molecule has 3 rings (SSSR count). The summed E-state index contributed by atoms with van der Waals surface area (Å²) in [5.41, 5.74) is 0.881. The molecule has 1 N–H and O–H groups in total. The number of rotatable bonds is 3. The van der Waals surface area contributed by atoms with Gasteiger partial charge in [-0.2, -0.15) is 0 Å². The van der Waals surface area contributed by atoms with E-state index in [-0.39, 0.29) is 23.8 Å². The summed E-state index contributed by atoms with van der Waals surface area (Å²) in [6.07, 6.45) is 3.63. The van der Waals surface area contributed by atoms with Gasteiger partial charge >= 0.3 is 6.03 Å². The Morgan fingerprint density at radius 1 is 1.38 bits per heavy atom. The highest BCUT2D eigenvalue weighted by Gasteiger charge is 2.28. The van der Waals surface area contributed by atoms with Crippen LogP contribution >= 0.6 is 0 Å². The fourth-order valence-electron chi connectivity index (χ4n) is 3.15. The standard InChI is InChI=1S/C17H22FN5O/c1-12(13-5-7-15(18)8-6-13)20-17(24)23-9-3-4-14(10-23)16-21-19-11-22(16)2/h5-8,11-12,14H,3-4,9-10H2,1-2H3,(H,20,24). The SMILES string of the molecule is CC(NC(=O)N1CCCC(c2nncn2C)C1)c1ccc(F)cc1. The van der Waals surface area contributed by atoms with Crippen molar-refractivity contribution in [2.75, 3.05) is 13.1 Å². The third kappa shape index (κ3) is 3.55. The van der Waals surface area contributed by atoms with Crippen LogP contribution in [0.25, 0.3) is 0 Å². The molecule has 2 aromatic rings. The van der Waals surface area contributed by atoms with Crippen molar-refractivity contribution in [2.24, 2.45) is 7.05 Å². The van der Waals surface area contributed by atoms with Crippen LogP contribution in [0, 0.1) is 5.82 Å². The van der Waals surface area contributed by atoms with E-state index in [1.165, 1.54) is 12.1 Å². The van der Waals surface area contributed by atoms with Crippen LogP contribution in [0.15, 0.2) is 30.6 Å². The van der Waals surface area contributed by atoms with Crippen LogP contribution in [0.2, 0.25) is 0 Å². The van der Waals surface area contributed by atoms with Crippen molar-refractivity contribution < 1.29 is 9.18 Å². The van der Waals surface area contributed by atoms with Crippen molar-refractivity contribution >= 4 is 6.03 Å². The third-order valence-corrected chi connectivity index (χ3v) is 4.53. The molecule has 1 aliphatic heterocycles. The van der Waals surface area contributed by atoms with Crippen molar-refractivity contribution in [2.45, 2.75) is 31.7 Å². The van der Waals surface area contributed by atoms with Crippen LogP contribution in [0.3, 0.4) is 0 Å². The molecule has 0 aliphatic carbocycles. The quantitative estimate of drug-likeness (QED) is 0.940. The Morgan fingerprint density at radius 2 is 2.12 bits per heavy atom. The molecule has 24 heavy (non-hydrogen) atoms. The highest BCUT2D eigenvalue weighted by atomic mass is 19.1. The second kappa shape index (κ2) is 6.98. The number of piperidine rings is 1. The van der Waals surface area contributed by atoms with E-state index in [2.05, 4.69) is 15.5 Å². The lowest BCUT2D eigenvalue weighted by atomic mass is 9.97. The lowest BCUT2D eigenvalue weighted by Crippen LogP contribution is -2.45. The minimum atomic E-state index is -0.278. The van der Waals surface area contributed by atoms with Gasteiger partial charge in [-0.05, 0) is 37.5 Å². The van der Waals surface area contributed by atoms with E-state index in [9.17, 15) is 9.18 Å². The largest absolute Gasteiger partial charge is 0.331 e. The molecular formula is C17H22FN5O. The van der Waals surface area contributed by atoms with E-state index in [1.807, 2.05) is 23.4 Å². The lowest BCUT2D eigenvalue weighted by molar-refractivity contribution is 0.175. The zero-order valence-electron chi connectivity index (χ0n) is 13.9. The summed E-state index contributed by atoms with van der Waals surface area (Å²) < 4.78 is 14.9. The van der Waals surface area contributed by atoms with E-state index in [4.69, 9.17) is 0 Å². The number of nitrogens with one attached hydrogen (secondary N) is 1. The van der Waals surface area contributed by atoms with Crippen LogP contribution < -0.4 is 5.32 Å². The molecule has 6 nitrogen and oxygen atoms in total. The number of aromatic nitrogens is 3. The second-order valence-corrected chi connectivity index (χ2v) is 6.31. The number of halogens is 1. The maximum Gasteiger partial charge on any atom is 0.317 e. The van der Waals surface area contributed by atoms with Gasteiger partial charge in [-0.3, -0.25) is 0 Å². The molecule has 1 aliphatic rings. The summed E-state index contributed by atoms with van der Waals surface area (Å²) >= 11 is 0. The molecule has 0 spiro atoms. The van der Waals surface area contributed by atoms with Crippen molar-refractivity contribution in [3.05, 3.63) is 47.8 Å². The van der Waals surface area contributed by atoms with Gasteiger partial charge in [-0.1, -0.05) is 12.1 Å². The Balaban J connectivity index is 1.62. The smallest absolute Gasteiger partial charge is 0.317 e. The van der Waals surface area contributed by atoms with Gasteiger partial charge in [-0.25, -0.2) is 9.18 Å². The van der Waals surface area contributed by atoms with Gasteiger partial charge in [0.25, 0.3) is 0 Å². The summed E-state index contributed by atoms with van der Waals surface area (Å²) in [7, 11) is 1.92. The molecule has 2 unspecified atom stereocenters. The molecule has 2 heterocycles. The van der Waals surface area contributed by atoms with Crippen molar-refractivity contribution in [1.82, 2.24) is 25.0 Å². The first kappa shape index (κ1) is 16.4. The number of nitrogens with zero attached hydrogens (tertiary/aromatic N) is 4. The third-order valence-electron chi connectivity index (χ3n) is 4.53. The Kier molecular flexibility index (Phi) is 4.78. The van der Waals surface area contributed by atoms with Crippen molar-refractivity contribution in [1.29, 1.82) is 0 Å². The average Bonchev–Trinajstić information content (AvgIpc) is 3.01. The van der Waals surface area contributed by atoms with Gasteiger partial charge in [0.1, 0.15) is 18.0 Å². The molecule has 1 aromatic carbocycles. The van der Waals surface area contributed by atoms with E-state index < -0.39 is 0 Å². The van der Waals surface area contributed by atoms with Gasteiger partial charge in [0.2, 0.25) is 0 Å². The first-order chi connectivity index (χ1) is 11.5. The highest BCUT2D eigenvalue weighted by molar-refractivity contribution is 5.74. The van der Waals surface area contributed by atoms with Gasteiger partial charge in [-0.15, -0.1) is 10.2 Å². The first-order valence-electron chi connectivity index (χ1n) is 8.19. The monoisotopic (exact) mass is 331 g/mol. The molecule has 128 valence electrons. The van der Waals surface area contributed by atoms with Crippen LogP contribution in [0.5, 0.6) is 0 Å². The number of hydrogen-bond donors (Lipinski definition) is 1. The van der Waals surface area contributed by atoms with Crippen molar-refractivity contribution in [3.8, 4) is 0 Å². The molecule has 2 atom stereocenters. The first-order valence-corrected chi connectivity index (χ1v) is 8.19.